The Labute approximate surface area is 182 Å². The molecule has 0 saturated carbocycles. The second-order valence-corrected chi connectivity index (χ2v) is 8.67. The van der Waals surface area contributed by atoms with Gasteiger partial charge in [-0.05, 0) is 73.3 Å². The Kier molecular flexibility index (Phi) is 6.33. The van der Waals surface area contributed by atoms with Gasteiger partial charge < -0.3 is 14.5 Å². The summed E-state index contributed by atoms with van der Waals surface area (Å²) in [6, 6.07) is 11.7. The Morgan fingerprint density at radius 2 is 1.86 bits per heavy atom. The summed E-state index contributed by atoms with van der Waals surface area (Å²) in [5.74, 6) is 1.01. The van der Waals surface area contributed by atoms with Gasteiger partial charge in [0.25, 0.3) is 0 Å². The van der Waals surface area contributed by atoms with Gasteiger partial charge in [-0.1, -0.05) is 35.3 Å². The van der Waals surface area contributed by atoms with Crippen LogP contribution >= 0.6 is 23.2 Å². The van der Waals surface area contributed by atoms with Crippen molar-refractivity contribution in [1.29, 1.82) is 0 Å². The maximum absolute atomic E-state index is 13.3. The zero-order chi connectivity index (χ0) is 20.4. The molecule has 0 bridgehead atoms. The number of rotatable bonds is 5. The van der Waals surface area contributed by atoms with Crippen LogP contribution in [-0.2, 0) is 17.6 Å². The molecule has 0 radical (unpaired) electrons. The van der Waals surface area contributed by atoms with Gasteiger partial charge >= 0.3 is 0 Å². The average molecular weight is 433 g/mol. The van der Waals surface area contributed by atoms with Crippen molar-refractivity contribution in [2.24, 2.45) is 0 Å². The molecule has 0 N–H and O–H groups in total. The highest BCUT2D eigenvalue weighted by atomic mass is 35.5. The highest BCUT2D eigenvalue weighted by Gasteiger charge is 2.33. The number of carbonyl (C=O) groups is 1. The lowest BCUT2D eigenvalue weighted by atomic mass is 9.91. The third-order valence-corrected chi connectivity index (χ3v) is 6.74. The van der Waals surface area contributed by atoms with Crippen LogP contribution in [0.25, 0.3) is 0 Å². The van der Waals surface area contributed by atoms with E-state index in [2.05, 4.69) is 21.9 Å². The minimum atomic E-state index is 0.0676. The Balaban J connectivity index is 1.59. The van der Waals surface area contributed by atoms with Crippen molar-refractivity contribution in [2.45, 2.75) is 31.7 Å². The first-order valence-corrected chi connectivity index (χ1v) is 10.9. The van der Waals surface area contributed by atoms with Gasteiger partial charge in [-0.25, -0.2) is 0 Å². The second kappa shape index (κ2) is 8.95. The predicted molar refractivity (Wildman–Crippen MR) is 117 cm³/mol. The van der Waals surface area contributed by atoms with Crippen molar-refractivity contribution in [3.05, 3.63) is 63.1 Å². The lowest BCUT2D eigenvalue weighted by Gasteiger charge is -2.39. The summed E-state index contributed by atoms with van der Waals surface area (Å²) in [6.07, 6.45) is 3.65. The molecule has 2 heterocycles. The number of likely N-dealkylation sites (tertiary alicyclic amines) is 1. The summed E-state index contributed by atoms with van der Waals surface area (Å²) in [5.41, 5.74) is 3.42. The fourth-order valence-corrected chi connectivity index (χ4v) is 4.77. The number of hydrogen-bond acceptors (Lipinski definition) is 3. The summed E-state index contributed by atoms with van der Waals surface area (Å²) in [7, 11) is 1.69. The van der Waals surface area contributed by atoms with Gasteiger partial charge in [-0.3, -0.25) is 4.79 Å². The molecule has 1 atom stereocenters. The smallest absolute Gasteiger partial charge is 0.227 e. The third-order valence-electron chi connectivity index (χ3n) is 6.00. The van der Waals surface area contributed by atoms with Crippen LogP contribution in [-0.4, -0.2) is 49.0 Å². The van der Waals surface area contributed by atoms with Gasteiger partial charge in [-0.2, -0.15) is 0 Å². The van der Waals surface area contributed by atoms with Crippen LogP contribution < -0.4 is 4.74 Å². The molecule has 0 aromatic heterocycles. The number of amides is 1. The quantitative estimate of drug-likeness (QED) is 0.681. The topological polar surface area (TPSA) is 32.8 Å². The summed E-state index contributed by atoms with van der Waals surface area (Å²) < 4.78 is 5.41. The Morgan fingerprint density at radius 3 is 2.59 bits per heavy atom. The predicted octanol–water partition coefficient (Wildman–Crippen LogP) is 4.77. The van der Waals surface area contributed by atoms with Gasteiger partial charge in [0.05, 0.1) is 29.6 Å². The minimum Gasteiger partial charge on any atom is -0.497 e. The van der Waals surface area contributed by atoms with E-state index in [1.54, 1.807) is 19.2 Å². The molecule has 1 saturated heterocycles. The molecule has 2 aromatic carbocycles. The molecular formula is C23H26Cl2N2O2. The summed E-state index contributed by atoms with van der Waals surface area (Å²) in [5, 5.41) is 0.997. The fraction of sp³-hybridized carbons (Fsp3) is 0.435. The number of halogens is 2. The first-order valence-electron chi connectivity index (χ1n) is 10.2. The second-order valence-electron chi connectivity index (χ2n) is 7.85. The molecular weight excluding hydrogens is 407 g/mol. The van der Waals surface area contributed by atoms with Crippen molar-refractivity contribution in [2.75, 3.05) is 33.3 Å². The van der Waals surface area contributed by atoms with Crippen LogP contribution in [0.5, 0.6) is 5.75 Å². The lowest BCUT2D eigenvalue weighted by Crippen LogP contribution is -2.45. The molecule has 4 rings (SSSR count). The number of carbonyl (C=O) groups excluding carboxylic acids is 1. The number of hydrogen-bond donors (Lipinski definition) is 0. The highest BCUT2D eigenvalue weighted by Crippen LogP contribution is 2.34. The van der Waals surface area contributed by atoms with E-state index in [4.69, 9.17) is 27.9 Å². The molecule has 2 aliphatic heterocycles. The maximum atomic E-state index is 13.3. The van der Waals surface area contributed by atoms with Crippen molar-refractivity contribution in [1.82, 2.24) is 9.80 Å². The van der Waals surface area contributed by atoms with E-state index in [1.807, 2.05) is 12.1 Å². The zero-order valence-corrected chi connectivity index (χ0v) is 18.2. The highest BCUT2D eigenvalue weighted by molar-refractivity contribution is 6.42. The normalized spacial score (nSPS) is 19.3. The monoisotopic (exact) mass is 432 g/mol. The number of ether oxygens (including phenoxy) is 1. The molecule has 0 aliphatic carbocycles. The van der Waals surface area contributed by atoms with E-state index in [0.717, 1.165) is 43.9 Å². The molecule has 1 amide bonds. The van der Waals surface area contributed by atoms with Gasteiger partial charge in [-0.15, -0.1) is 0 Å². The summed E-state index contributed by atoms with van der Waals surface area (Å²) in [4.78, 5) is 17.8. The first kappa shape index (κ1) is 20.5. The average Bonchev–Trinajstić information content (AvgIpc) is 3.23. The van der Waals surface area contributed by atoms with Crippen molar-refractivity contribution < 1.29 is 9.53 Å². The number of benzene rings is 2. The maximum Gasteiger partial charge on any atom is 0.227 e. The van der Waals surface area contributed by atoms with Crippen LogP contribution in [0.4, 0.5) is 0 Å². The molecule has 6 heteroatoms. The molecule has 154 valence electrons. The Morgan fingerprint density at radius 1 is 1.07 bits per heavy atom. The molecule has 29 heavy (non-hydrogen) atoms. The summed E-state index contributed by atoms with van der Waals surface area (Å²) >= 11 is 12.2. The van der Waals surface area contributed by atoms with Gasteiger partial charge in [0.2, 0.25) is 5.91 Å². The first-order chi connectivity index (χ1) is 14.0. The lowest BCUT2D eigenvalue weighted by molar-refractivity contribution is -0.133. The van der Waals surface area contributed by atoms with E-state index < -0.39 is 0 Å². The van der Waals surface area contributed by atoms with Crippen LogP contribution in [0, 0.1) is 0 Å². The standard InChI is InChI=1S/C23H26Cl2N2O2/c1-29-18-5-6-19-17(14-18)8-11-27(22(19)15-26-9-2-3-10-26)23(28)13-16-4-7-20(24)21(25)12-16/h4-7,12,14,22H,2-3,8-11,13,15H2,1H3. The van der Waals surface area contributed by atoms with E-state index >= 15 is 0 Å². The number of nitrogens with zero attached hydrogens (tertiary/aromatic N) is 2. The largest absolute Gasteiger partial charge is 0.497 e. The minimum absolute atomic E-state index is 0.0676. The SMILES string of the molecule is COc1ccc2c(c1)CCN(C(=O)Cc1ccc(Cl)c(Cl)c1)C2CN1CCCC1. The Hall–Kier alpha value is -1.75. The number of fused-ring (bicyclic) bond motifs is 1. The van der Waals surface area contributed by atoms with Crippen LogP contribution in [0.15, 0.2) is 36.4 Å². The van der Waals surface area contributed by atoms with Gasteiger partial charge in [0, 0.05) is 13.1 Å². The molecule has 2 aromatic rings. The van der Waals surface area contributed by atoms with Crippen molar-refractivity contribution in [3.8, 4) is 5.75 Å². The molecule has 1 fully saturated rings. The van der Waals surface area contributed by atoms with Crippen LogP contribution in [0.1, 0.15) is 35.6 Å². The third kappa shape index (κ3) is 4.55. The van der Waals surface area contributed by atoms with E-state index in [1.165, 1.54) is 24.0 Å². The van der Waals surface area contributed by atoms with Crippen LogP contribution in [0.2, 0.25) is 10.0 Å². The van der Waals surface area contributed by atoms with Gasteiger partial charge in [0.1, 0.15) is 5.75 Å². The number of methoxy groups -OCH3 is 1. The fourth-order valence-electron chi connectivity index (χ4n) is 4.45. The summed E-state index contributed by atoms with van der Waals surface area (Å²) in [6.45, 7) is 3.82. The molecule has 1 unspecified atom stereocenters. The van der Waals surface area contributed by atoms with E-state index in [-0.39, 0.29) is 11.9 Å². The van der Waals surface area contributed by atoms with E-state index in [9.17, 15) is 4.79 Å². The molecule has 2 aliphatic rings. The zero-order valence-electron chi connectivity index (χ0n) is 16.7. The molecule has 0 spiro atoms. The Bertz CT molecular complexity index is 896. The van der Waals surface area contributed by atoms with Crippen molar-refractivity contribution in [3.63, 3.8) is 0 Å². The van der Waals surface area contributed by atoms with Crippen molar-refractivity contribution >= 4 is 29.1 Å². The van der Waals surface area contributed by atoms with Gasteiger partial charge in [0.15, 0.2) is 0 Å². The van der Waals surface area contributed by atoms with Crippen LogP contribution in [0.3, 0.4) is 0 Å². The van der Waals surface area contributed by atoms with E-state index in [0.29, 0.717) is 16.5 Å². The molecule has 4 nitrogen and oxygen atoms in total.